The molecule has 0 aromatic heterocycles. The van der Waals surface area contributed by atoms with E-state index in [1.165, 1.54) is 24.3 Å². The van der Waals surface area contributed by atoms with Gasteiger partial charge in [0.2, 0.25) is 5.91 Å². The van der Waals surface area contributed by atoms with Crippen molar-refractivity contribution in [2.45, 2.75) is 82.5 Å². The number of piperazine rings is 1. The lowest BCUT2D eigenvalue weighted by atomic mass is 9.92. The number of fused-ring (bicyclic) bond motifs is 1. The molecule has 2 aromatic carbocycles. The van der Waals surface area contributed by atoms with Gasteiger partial charge in [0.15, 0.2) is 0 Å². The van der Waals surface area contributed by atoms with Crippen LogP contribution in [0.15, 0.2) is 36.4 Å². The summed E-state index contributed by atoms with van der Waals surface area (Å²) in [5.41, 5.74) is -0.113. The van der Waals surface area contributed by atoms with Gasteiger partial charge in [-0.25, -0.2) is 4.39 Å². The molecular weight excluding hydrogens is 552 g/mol. The van der Waals surface area contributed by atoms with Crippen LogP contribution in [0, 0.1) is 17.1 Å². The fourth-order valence-corrected chi connectivity index (χ4v) is 6.30. The summed E-state index contributed by atoms with van der Waals surface area (Å²) in [5.74, 6) is 0.430. The Hall–Kier alpha value is -3.36. The largest absolute Gasteiger partial charge is 0.488 e. The Morgan fingerprint density at radius 3 is 2.57 bits per heavy atom. The zero-order chi connectivity index (χ0) is 30.0. The fourth-order valence-electron chi connectivity index (χ4n) is 6.30. The first-order valence-corrected chi connectivity index (χ1v) is 14.5. The second-order valence-corrected chi connectivity index (χ2v) is 11.7. The van der Waals surface area contributed by atoms with Crippen LogP contribution >= 0.6 is 0 Å². The van der Waals surface area contributed by atoms with Crippen molar-refractivity contribution >= 4 is 11.6 Å². The standard InChI is InChI=1S/C31H36F4N4O3/c1-19-16-39(20(2)15-38(19)17-27-12-22-11-23(32)4-10-29(22)42-27)30(40)18-41-26-8-6-24(7-9-26)37-25-5-3-21(14-36)28(13-25)31(33,34)35/h3-5,10-11,13,19-20,24,26-27,37H,6-9,12,15-18H2,1-2H3/t19-,20+,24-,26-,27?/m0/s1. The maximum atomic E-state index is 13.6. The highest BCUT2D eigenvalue weighted by atomic mass is 19.4. The van der Waals surface area contributed by atoms with E-state index in [1.54, 1.807) is 12.1 Å². The number of nitrogens with one attached hydrogen (secondary N) is 1. The van der Waals surface area contributed by atoms with Crippen LogP contribution in [-0.4, -0.2) is 72.3 Å². The molecule has 7 nitrogen and oxygen atoms in total. The Bertz CT molecular complexity index is 1320. The van der Waals surface area contributed by atoms with E-state index in [9.17, 15) is 22.4 Å². The van der Waals surface area contributed by atoms with Crippen molar-refractivity contribution in [2.24, 2.45) is 0 Å². The summed E-state index contributed by atoms with van der Waals surface area (Å²) in [6.45, 7) is 6.11. The molecule has 2 heterocycles. The Morgan fingerprint density at radius 2 is 1.86 bits per heavy atom. The van der Waals surface area contributed by atoms with Crippen molar-refractivity contribution in [1.29, 1.82) is 5.26 Å². The van der Waals surface area contributed by atoms with Crippen LogP contribution < -0.4 is 10.1 Å². The fraction of sp³-hybridized carbons (Fsp3) is 0.548. The Morgan fingerprint density at radius 1 is 1.10 bits per heavy atom. The van der Waals surface area contributed by atoms with Crippen LogP contribution in [0.4, 0.5) is 23.2 Å². The molecule has 1 saturated carbocycles. The normalized spacial score (nSPS) is 26.3. The molecule has 1 amide bonds. The number of benzene rings is 2. The highest BCUT2D eigenvalue weighted by Crippen LogP contribution is 2.35. The van der Waals surface area contributed by atoms with Gasteiger partial charge in [-0.3, -0.25) is 9.69 Å². The van der Waals surface area contributed by atoms with E-state index in [0.29, 0.717) is 57.4 Å². The number of halogens is 4. The third-order valence-electron chi connectivity index (χ3n) is 8.57. The van der Waals surface area contributed by atoms with Crippen molar-refractivity contribution in [2.75, 3.05) is 31.6 Å². The van der Waals surface area contributed by atoms with Gasteiger partial charge in [-0.05, 0) is 75.9 Å². The number of ether oxygens (including phenoxy) is 2. The maximum Gasteiger partial charge on any atom is 0.417 e. The van der Waals surface area contributed by atoms with Crippen molar-refractivity contribution in [3.05, 3.63) is 58.9 Å². The highest BCUT2D eigenvalue weighted by Gasteiger charge is 2.36. The van der Waals surface area contributed by atoms with Crippen molar-refractivity contribution < 1.29 is 31.8 Å². The molecule has 2 fully saturated rings. The zero-order valence-electron chi connectivity index (χ0n) is 23.8. The summed E-state index contributed by atoms with van der Waals surface area (Å²) in [6.07, 6.45) is -1.27. The zero-order valence-corrected chi connectivity index (χ0v) is 23.8. The van der Waals surface area contributed by atoms with Crippen LogP contribution in [-0.2, 0) is 22.1 Å². The average molecular weight is 589 g/mol. The molecule has 2 aromatic rings. The van der Waals surface area contributed by atoms with Crippen molar-refractivity contribution in [3.63, 3.8) is 0 Å². The van der Waals surface area contributed by atoms with Crippen LogP contribution in [0.5, 0.6) is 5.75 Å². The van der Waals surface area contributed by atoms with Gasteiger partial charge in [0.05, 0.1) is 23.3 Å². The van der Waals surface area contributed by atoms with Crippen LogP contribution in [0.3, 0.4) is 0 Å². The quantitative estimate of drug-likeness (QED) is 0.438. The minimum absolute atomic E-state index is 0.00298. The molecule has 1 saturated heterocycles. The number of rotatable bonds is 7. The number of amides is 1. The molecule has 2 aliphatic heterocycles. The molecular formula is C31H36F4N4O3. The molecule has 11 heteroatoms. The first-order chi connectivity index (χ1) is 20.0. The van der Waals surface area contributed by atoms with Gasteiger partial charge in [0, 0.05) is 55.4 Å². The van der Waals surface area contributed by atoms with Gasteiger partial charge in [-0.15, -0.1) is 0 Å². The van der Waals surface area contributed by atoms with E-state index in [2.05, 4.69) is 17.1 Å². The molecule has 226 valence electrons. The number of hydrogen-bond donors (Lipinski definition) is 1. The second kappa shape index (κ2) is 12.5. The highest BCUT2D eigenvalue weighted by molar-refractivity contribution is 5.78. The third-order valence-corrected chi connectivity index (χ3v) is 8.57. The van der Waals surface area contributed by atoms with E-state index in [0.717, 1.165) is 17.4 Å². The number of carbonyl (C=O) groups excluding carboxylic acids is 1. The van der Waals surface area contributed by atoms with Gasteiger partial charge >= 0.3 is 6.18 Å². The number of alkyl halides is 3. The molecule has 1 unspecified atom stereocenters. The van der Waals surface area contributed by atoms with E-state index in [1.807, 2.05) is 11.8 Å². The molecule has 1 aliphatic carbocycles. The molecule has 42 heavy (non-hydrogen) atoms. The van der Waals surface area contributed by atoms with E-state index >= 15 is 0 Å². The van der Waals surface area contributed by atoms with Gasteiger partial charge in [0.1, 0.15) is 24.3 Å². The summed E-state index contributed by atoms with van der Waals surface area (Å²) < 4.78 is 65.5. The van der Waals surface area contributed by atoms with Gasteiger partial charge in [-0.2, -0.15) is 18.4 Å². The minimum Gasteiger partial charge on any atom is -0.488 e. The summed E-state index contributed by atoms with van der Waals surface area (Å²) in [7, 11) is 0. The second-order valence-electron chi connectivity index (χ2n) is 11.7. The number of carbonyl (C=O) groups is 1. The topological polar surface area (TPSA) is 77.8 Å². The number of nitriles is 1. The summed E-state index contributed by atoms with van der Waals surface area (Å²) >= 11 is 0. The summed E-state index contributed by atoms with van der Waals surface area (Å²) in [6, 6.07) is 10.0. The Labute approximate surface area is 243 Å². The summed E-state index contributed by atoms with van der Waals surface area (Å²) in [5, 5.41) is 12.2. The SMILES string of the molecule is C[C@@H]1CN(CC2Cc3cc(F)ccc3O2)[C@@H](C)CN1C(=O)CO[C@H]1CC[C@H](Nc2ccc(C#N)c(C(F)(F)F)c2)CC1. The predicted molar refractivity (Wildman–Crippen MR) is 149 cm³/mol. The molecule has 0 bridgehead atoms. The molecule has 1 N–H and O–H groups in total. The maximum absolute atomic E-state index is 13.6. The first kappa shape index (κ1) is 30.1. The average Bonchev–Trinajstić information content (AvgIpc) is 3.35. The molecule has 3 atom stereocenters. The van der Waals surface area contributed by atoms with E-state index < -0.39 is 17.3 Å². The summed E-state index contributed by atoms with van der Waals surface area (Å²) in [4.78, 5) is 17.3. The van der Waals surface area contributed by atoms with Gasteiger partial charge in [0.25, 0.3) is 0 Å². The number of hydrogen-bond acceptors (Lipinski definition) is 6. The monoisotopic (exact) mass is 588 g/mol. The van der Waals surface area contributed by atoms with Crippen molar-refractivity contribution in [3.8, 4) is 11.8 Å². The molecule has 5 rings (SSSR count). The smallest absolute Gasteiger partial charge is 0.417 e. The molecule has 3 aliphatic rings. The molecule has 0 spiro atoms. The molecule has 0 radical (unpaired) electrons. The van der Waals surface area contributed by atoms with Gasteiger partial charge < -0.3 is 19.7 Å². The number of nitrogens with zero attached hydrogens (tertiary/aromatic N) is 3. The van der Waals surface area contributed by atoms with E-state index in [4.69, 9.17) is 14.7 Å². The Kier molecular flexibility index (Phi) is 8.94. The lowest BCUT2D eigenvalue weighted by Gasteiger charge is -2.44. The van der Waals surface area contributed by atoms with Crippen LogP contribution in [0.1, 0.15) is 56.2 Å². The van der Waals surface area contributed by atoms with Crippen LogP contribution in [0.25, 0.3) is 0 Å². The first-order valence-electron chi connectivity index (χ1n) is 14.5. The van der Waals surface area contributed by atoms with E-state index in [-0.39, 0.29) is 48.7 Å². The van der Waals surface area contributed by atoms with Crippen LogP contribution in [0.2, 0.25) is 0 Å². The Balaban J connectivity index is 1.05. The number of anilines is 1. The lowest BCUT2D eigenvalue weighted by Crippen LogP contribution is -2.60. The van der Waals surface area contributed by atoms with Gasteiger partial charge in [-0.1, -0.05) is 0 Å². The lowest BCUT2D eigenvalue weighted by molar-refractivity contribution is -0.145. The van der Waals surface area contributed by atoms with Crippen molar-refractivity contribution in [1.82, 2.24) is 9.80 Å². The predicted octanol–water partition coefficient (Wildman–Crippen LogP) is 5.38. The minimum atomic E-state index is -4.60. The third kappa shape index (κ3) is 6.98.